The maximum Gasteiger partial charge on any atom is 0.0824 e. The van der Waals surface area contributed by atoms with Crippen molar-refractivity contribution in [3.8, 4) is 0 Å². The van der Waals surface area contributed by atoms with E-state index in [4.69, 9.17) is 0 Å². The minimum atomic E-state index is -0.520. The van der Waals surface area contributed by atoms with E-state index < -0.39 is 12.2 Å². The molecule has 0 aliphatic heterocycles. The molecule has 0 aromatic heterocycles. The Morgan fingerprint density at radius 2 is 1.54 bits per heavy atom. The van der Waals surface area contributed by atoms with Crippen LogP contribution in [-0.2, 0) is 0 Å². The molecule has 2 heteroatoms. The Balaban J connectivity index is 0.000000671. The summed E-state index contributed by atoms with van der Waals surface area (Å²) >= 11 is 0. The number of rotatable bonds is 0. The van der Waals surface area contributed by atoms with Gasteiger partial charge in [0.15, 0.2) is 0 Å². The minimum Gasteiger partial charge on any atom is -0.390 e. The summed E-state index contributed by atoms with van der Waals surface area (Å²) in [6, 6.07) is 0. The Morgan fingerprint density at radius 1 is 1.08 bits per heavy atom. The molecule has 0 heterocycles. The number of aliphatic hydroxyl groups is 2. The zero-order valence-electron chi connectivity index (χ0n) is 9.54. The molecule has 3 atom stereocenters. The van der Waals surface area contributed by atoms with E-state index >= 15 is 0 Å². The molecule has 1 aliphatic carbocycles. The number of hydrogen-bond acceptors (Lipinski definition) is 2. The van der Waals surface area contributed by atoms with Gasteiger partial charge in [0, 0.05) is 0 Å². The maximum absolute atomic E-state index is 9.43. The van der Waals surface area contributed by atoms with Crippen LogP contribution in [0, 0.1) is 11.3 Å². The lowest BCUT2D eigenvalue weighted by Gasteiger charge is -2.40. The van der Waals surface area contributed by atoms with Crippen molar-refractivity contribution in [3.05, 3.63) is 0 Å². The Kier molecular flexibility index (Phi) is 4.93. The van der Waals surface area contributed by atoms with Crippen molar-refractivity contribution in [2.24, 2.45) is 11.3 Å². The van der Waals surface area contributed by atoms with E-state index in [9.17, 15) is 10.2 Å². The molecule has 0 aromatic rings. The second-order valence-corrected chi connectivity index (χ2v) is 4.61. The van der Waals surface area contributed by atoms with Crippen molar-refractivity contribution >= 4 is 0 Å². The monoisotopic (exact) mass is 188 g/mol. The van der Waals surface area contributed by atoms with Gasteiger partial charge in [-0.3, -0.25) is 0 Å². The van der Waals surface area contributed by atoms with Gasteiger partial charge in [-0.15, -0.1) is 0 Å². The molecule has 1 saturated carbocycles. The molecule has 0 saturated heterocycles. The highest BCUT2D eigenvalue weighted by Gasteiger charge is 2.37. The third-order valence-corrected chi connectivity index (χ3v) is 2.61. The van der Waals surface area contributed by atoms with Crippen LogP contribution in [-0.4, -0.2) is 22.4 Å². The molecule has 2 nitrogen and oxygen atoms in total. The average molecular weight is 188 g/mol. The zero-order chi connectivity index (χ0) is 10.6. The van der Waals surface area contributed by atoms with Gasteiger partial charge in [-0.2, -0.15) is 0 Å². The third kappa shape index (κ3) is 3.65. The highest BCUT2D eigenvalue weighted by Crippen LogP contribution is 2.38. The summed E-state index contributed by atoms with van der Waals surface area (Å²) in [5.74, 6) is 0.230. The predicted octanol–water partition coefficient (Wildman–Crippen LogP) is 2.19. The first kappa shape index (κ1) is 12.9. The van der Waals surface area contributed by atoms with Crippen molar-refractivity contribution < 1.29 is 10.2 Å². The second-order valence-electron chi connectivity index (χ2n) is 4.61. The van der Waals surface area contributed by atoms with E-state index in [1.165, 1.54) is 0 Å². The van der Waals surface area contributed by atoms with Crippen LogP contribution < -0.4 is 0 Å². The van der Waals surface area contributed by atoms with Crippen LogP contribution in [0.3, 0.4) is 0 Å². The highest BCUT2D eigenvalue weighted by atomic mass is 16.3. The molecular weight excluding hydrogens is 164 g/mol. The molecule has 13 heavy (non-hydrogen) atoms. The molecule has 2 N–H and O–H groups in total. The zero-order valence-corrected chi connectivity index (χ0v) is 9.54. The minimum absolute atomic E-state index is 0.193. The molecule has 3 unspecified atom stereocenters. The van der Waals surface area contributed by atoms with Gasteiger partial charge in [-0.25, -0.2) is 0 Å². The van der Waals surface area contributed by atoms with Crippen molar-refractivity contribution in [3.63, 3.8) is 0 Å². The molecule has 1 rings (SSSR count). The molecule has 80 valence electrons. The van der Waals surface area contributed by atoms with E-state index in [0.717, 1.165) is 12.8 Å². The smallest absolute Gasteiger partial charge is 0.0824 e. The average Bonchev–Trinajstić information content (AvgIpc) is 2.02. The van der Waals surface area contributed by atoms with Crippen LogP contribution in [0.5, 0.6) is 0 Å². The molecule has 1 fully saturated rings. The lowest BCUT2D eigenvalue weighted by molar-refractivity contribution is -0.0755. The molecule has 0 amide bonds. The summed E-state index contributed by atoms with van der Waals surface area (Å²) in [4.78, 5) is 0. The number of hydrogen-bond donors (Lipinski definition) is 2. The third-order valence-electron chi connectivity index (χ3n) is 2.61. The number of aliphatic hydroxyl groups excluding tert-OH is 2. The normalized spacial score (nSPS) is 37.6. The van der Waals surface area contributed by atoms with Crippen molar-refractivity contribution in [1.82, 2.24) is 0 Å². The van der Waals surface area contributed by atoms with Crippen LogP contribution >= 0.6 is 0 Å². The fourth-order valence-electron chi connectivity index (χ4n) is 2.14. The van der Waals surface area contributed by atoms with E-state index in [0.29, 0.717) is 0 Å². The van der Waals surface area contributed by atoms with Gasteiger partial charge in [0.2, 0.25) is 0 Å². The van der Waals surface area contributed by atoms with Gasteiger partial charge < -0.3 is 10.2 Å². The molecule has 0 aromatic carbocycles. The second kappa shape index (κ2) is 4.97. The largest absolute Gasteiger partial charge is 0.390 e. The summed E-state index contributed by atoms with van der Waals surface area (Å²) in [5.41, 5.74) is 0.193. The lowest BCUT2D eigenvalue weighted by Crippen LogP contribution is -2.42. The summed E-state index contributed by atoms with van der Waals surface area (Å²) in [6.45, 7) is 10.3. The van der Waals surface area contributed by atoms with Gasteiger partial charge >= 0.3 is 0 Å². The Bertz CT molecular complexity index is 129. The van der Waals surface area contributed by atoms with Crippen LogP contribution in [0.1, 0.15) is 47.5 Å². The standard InChI is InChI=1S/C9H18O2.C2H6/c1-6-4-9(2,3)5-7(10)8(6)11;1-2/h6-8,10-11H,4-5H2,1-3H3;1-2H3. The molecule has 0 radical (unpaired) electrons. The van der Waals surface area contributed by atoms with Gasteiger partial charge in [0.05, 0.1) is 12.2 Å². The van der Waals surface area contributed by atoms with E-state index in [2.05, 4.69) is 13.8 Å². The lowest BCUT2D eigenvalue weighted by atomic mass is 9.70. The first-order valence-electron chi connectivity index (χ1n) is 5.28. The Morgan fingerprint density at radius 3 is 1.92 bits per heavy atom. The van der Waals surface area contributed by atoms with E-state index in [1.54, 1.807) is 0 Å². The molecule has 0 spiro atoms. The van der Waals surface area contributed by atoms with E-state index in [1.807, 2.05) is 20.8 Å². The van der Waals surface area contributed by atoms with Gasteiger partial charge in [-0.05, 0) is 24.2 Å². The first-order chi connectivity index (χ1) is 5.92. The summed E-state index contributed by atoms with van der Waals surface area (Å²) in [5, 5.41) is 18.9. The van der Waals surface area contributed by atoms with Crippen LogP contribution in [0.25, 0.3) is 0 Å². The SMILES string of the molecule is CC.CC1CC(C)(C)CC(O)C1O. The molecule has 0 bridgehead atoms. The van der Waals surface area contributed by atoms with Crippen LogP contribution in [0.4, 0.5) is 0 Å². The fourth-order valence-corrected chi connectivity index (χ4v) is 2.14. The van der Waals surface area contributed by atoms with Crippen molar-refractivity contribution in [2.75, 3.05) is 0 Å². The van der Waals surface area contributed by atoms with Crippen LogP contribution in [0.15, 0.2) is 0 Å². The Labute approximate surface area is 82.0 Å². The first-order valence-corrected chi connectivity index (χ1v) is 5.28. The molecule has 1 aliphatic rings. The van der Waals surface area contributed by atoms with E-state index in [-0.39, 0.29) is 11.3 Å². The van der Waals surface area contributed by atoms with Gasteiger partial charge in [0.25, 0.3) is 0 Å². The van der Waals surface area contributed by atoms with Crippen LogP contribution in [0.2, 0.25) is 0 Å². The van der Waals surface area contributed by atoms with Crippen molar-refractivity contribution in [2.45, 2.75) is 59.7 Å². The summed E-state index contributed by atoms with van der Waals surface area (Å²) in [7, 11) is 0. The van der Waals surface area contributed by atoms with Gasteiger partial charge in [-0.1, -0.05) is 34.6 Å². The topological polar surface area (TPSA) is 40.5 Å². The molecular formula is C11H24O2. The predicted molar refractivity (Wildman–Crippen MR) is 55.5 cm³/mol. The summed E-state index contributed by atoms with van der Waals surface area (Å²) < 4.78 is 0. The summed E-state index contributed by atoms with van der Waals surface area (Å²) in [6.07, 6.45) is 0.695. The maximum atomic E-state index is 9.43. The van der Waals surface area contributed by atoms with Gasteiger partial charge in [0.1, 0.15) is 0 Å². The quantitative estimate of drug-likeness (QED) is 0.612. The fraction of sp³-hybridized carbons (Fsp3) is 1.00. The highest BCUT2D eigenvalue weighted by molar-refractivity contribution is 4.88. The Hall–Kier alpha value is -0.0800. The van der Waals surface area contributed by atoms with Crippen molar-refractivity contribution in [1.29, 1.82) is 0 Å².